The molecule has 0 unspecified atom stereocenters. The van der Waals surface area contributed by atoms with Crippen LogP contribution in [0.2, 0.25) is 0 Å². The van der Waals surface area contributed by atoms with Crippen LogP contribution in [0.25, 0.3) is 0 Å². The molecule has 4 nitrogen and oxygen atoms in total. The first kappa shape index (κ1) is 13.9. The van der Waals surface area contributed by atoms with Gasteiger partial charge in [0.1, 0.15) is 5.75 Å². The number of likely N-dealkylation sites (tertiary alicyclic amines) is 1. The van der Waals surface area contributed by atoms with Gasteiger partial charge in [-0.25, -0.2) is 4.79 Å². The predicted octanol–water partition coefficient (Wildman–Crippen LogP) is 2.65. The van der Waals surface area contributed by atoms with E-state index in [-0.39, 0.29) is 6.09 Å². The van der Waals surface area contributed by atoms with Gasteiger partial charge in [-0.3, -0.25) is 0 Å². The number of benzene rings is 1. The van der Waals surface area contributed by atoms with Gasteiger partial charge in [0.25, 0.3) is 0 Å². The molecule has 1 N–H and O–H groups in total. The third-order valence-corrected chi connectivity index (χ3v) is 3.32. The van der Waals surface area contributed by atoms with E-state index in [0.29, 0.717) is 12.3 Å². The fraction of sp³-hybridized carbons (Fsp3) is 0.533. The normalized spacial score (nSPS) is 16.0. The van der Waals surface area contributed by atoms with Crippen LogP contribution >= 0.6 is 0 Å². The van der Waals surface area contributed by atoms with Crippen LogP contribution in [0.1, 0.15) is 25.7 Å². The first-order valence-corrected chi connectivity index (χ1v) is 7.08. The van der Waals surface area contributed by atoms with Crippen molar-refractivity contribution in [2.45, 2.75) is 25.7 Å². The lowest BCUT2D eigenvalue weighted by atomic mass is 10.1. The Hall–Kier alpha value is -1.55. The maximum absolute atomic E-state index is 11.5. The summed E-state index contributed by atoms with van der Waals surface area (Å²) in [5, 5.41) is 2.78. The van der Waals surface area contributed by atoms with Crippen molar-refractivity contribution in [3.05, 3.63) is 30.3 Å². The summed E-state index contributed by atoms with van der Waals surface area (Å²) in [5.74, 6) is 0.580. The fourth-order valence-electron chi connectivity index (χ4n) is 2.31. The molecule has 1 amide bonds. The Balaban J connectivity index is 1.56. The van der Waals surface area contributed by atoms with Gasteiger partial charge < -0.3 is 15.0 Å². The number of carbonyl (C=O) groups is 1. The van der Waals surface area contributed by atoms with Gasteiger partial charge in [-0.2, -0.15) is 0 Å². The summed E-state index contributed by atoms with van der Waals surface area (Å²) in [6.07, 6.45) is 4.58. The van der Waals surface area contributed by atoms with E-state index >= 15 is 0 Å². The SMILES string of the molecule is O=C(NCCCN1CCCCC1)Oc1ccccc1. The highest BCUT2D eigenvalue weighted by Crippen LogP contribution is 2.09. The number of piperidine rings is 1. The van der Waals surface area contributed by atoms with Crippen molar-refractivity contribution in [3.63, 3.8) is 0 Å². The molecular weight excluding hydrogens is 240 g/mol. The predicted molar refractivity (Wildman–Crippen MR) is 75.4 cm³/mol. The van der Waals surface area contributed by atoms with Crippen LogP contribution in [0.3, 0.4) is 0 Å². The van der Waals surface area contributed by atoms with Gasteiger partial charge in [0.15, 0.2) is 0 Å². The monoisotopic (exact) mass is 262 g/mol. The van der Waals surface area contributed by atoms with Gasteiger partial charge in [0, 0.05) is 6.54 Å². The molecule has 0 saturated carbocycles. The number of hydrogen-bond acceptors (Lipinski definition) is 3. The molecule has 1 aromatic rings. The molecular formula is C15H22N2O2. The van der Waals surface area contributed by atoms with E-state index in [1.807, 2.05) is 18.2 Å². The first-order valence-electron chi connectivity index (χ1n) is 7.08. The van der Waals surface area contributed by atoms with Crippen molar-refractivity contribution >= 4 is 6.09 Å². The van der Waals surface area contributed by atoms with Crippen LogP contribution in [0, 0.1) is 0 Å². The van der Waals surface area contributed by atoms with Gasteiger partial charge >= 0.3 is 6.09 Å². The zero-order chi connectivity index (χ0) is 13.3. The summed E-state index contributed by atoms with van der Waals surface area (Å²) in [6, 6.07) is 9.13. The summed E-state index contributed by atoms with van der Waals surface area (Å²) < 4.78 is 5.14. The molecule has 19 heavy (non-hydrogen) atoms. The second-order valence-corrected chi connectivity index (χ2v) is 4.89. The Morgan fingerprint density at radius 3 is 2.63 bits per heavy atom. The summed E-state index contributed by atoms with van der Waals surface area (Å²) in [6.45, 7) is 4.14. The van der Waals surface area contributed by atoms with E-state index in [2.05, 4.69) is 10.2 Å². The van der Waals surface area contributed by atoms with Crippen LogP contribution in [0.15, 0.2) is 30.3 Å². The number of para-hydroxylation sites is 1. The van der Waals surface area contributed by atoms with Gasteiger partial charge in [0.05, 0.1) is 0 Å². The van der Waals surface area contributed by atoms with Crippen molar-refractivity contribution in [1.82, 2.24) is 10.2 Å². The lowest BCUT2D eigenvalue weighted by Crippen LogP contribution is -2.34. The molecule has 0 aromatic heterocycles. The number of nitrogens with one attached hydrogen (secondary N) is 1. The first-order chi connectivity index (χ1) is 9.34. The van der Waals surface area contributed by atoms with Crippen molar-refractivity contribution in [2.24, 2.45) is 0 Å². The lowest BCUT2D eigenvalue weighted by molar-refractivity contribution is 0.197. The minimum absolute atomic E-state index is 0.371. The van der Waals surface area contributed by atoms with Gasteiger partial charge in [-0.1, -0.05) is 24.6 Å². The average Bonchev–Trinajstić information content (AvgIpc) is 2.46. The lowest BCUT2D eigenvalue weighted by Gasteiger charge is -2.26. The van der Waals surface area contributed by atoms with Crippen molar-refractivity contribution in [1.29, 1.82) is 0 Å². The zero-order valence-corrected chi connectivity index (χ0v) is 11.3. The van der Waals surface area contributed by atoms with Gasteiger partial charge in [0.2, 0.25) is 0 Å². The molecule has 1 aromatic carbocycles. The third-order valence-electron chi connectivity index (χ3n) is 3.32. The van der Waals surface area contributed by atoms with Crippen LogP contribution in [-0.4, -0.2) is 37.2 Å². The van der Waals surface area contributed by atoms with Crippen molar-refractivity contribution in [2.75, 3.05) is 26.2 Å². The highest BCUT2D eigenvalue weighted by Gasteiger charge is 2.09. The molecule has 0 spiro atoms. The second kappa shape index (κ2) is 7.79. The van der Waals surface area contributed by atoms with E-state index in [0.717, 1.165) is 13.0 Å². The Bertz CT molecular complexity index is 375. The molecule has 0 atom stereocenters. The van der Waals surface area contributed by atoms with E-state index < -0.39 is 0 Å². The molecule has 1 fully saturated rings. The summed E-state index contributed by atoms with van der Waals surface area (Å²) in [5.41, 5.74) is 0. The minimum atomic E-state index is -0.371. The van der Waals surface area contributed by atoms with E-state index in [1.54, 1.807) is 12.1 Å². The van der Waals surface area contributed by atoms with Gasteiger partial charge in [-0.05, 0) is 51.0 Å². The number of amides is 1. The molecule has 104 valence electrons. The largest absolute Gasteiger partial charge is 0.412 e. The summed E-state index contributed by atoms with van der Waals surface area (Å²) in [7, 11) is 0. The molecule has 1 heterocycles. The van der Waals surface area contributed by atoms with Crippen LogP contribution in [0.5, 0.6) is 5.75 Å². The number of nitrogens with zero attached hydrogens (tertiary/aromatic N) is 1. The highest BCUT2D eigenvalue weighted by atomic mass is 16.5. The topological polar surface area (TPSA) is 41.6 Å². The fourth-order valence-corrected chi connectivity index (χ4v) is 2.31. The van der Waals surface area contributed by atoms with Crippen molar-refractivity contribution in [3.8, 4) is 5.75 Å². The molecule has 1 aliphatic rings. The third kappa shape index (κ3) is 5.30. The highest BCUT2D eigenvalue weighted by molar-refractivity contribution is 5.70. The Kier molecular flexibility index (Phi) is 5.69. The van der Waals surface area contributed by atoms with Crippen LogP contribution < -0.4 is 10.1 Å². The number of hydrogen-bond donors (Lipinski definition) is 1. The van der Waals surface area contributed by atoms with Crippen LogP contribution in [0.4, 0.5) is 4.79 Å². The Labute approximate surface area is 114 Å². The van der Waals surface area contributed by atoms with Crippen molar-refractivity contribution < 1.29 is 9.53 Å². The summed E-state index contributed by atoms with van der Waals surface area (Å²) in [4.78, 5) is 14.0. The standard InChI is InChI=1S/C15H22N2O2/c18-15(19-14-8-3-1-4-9-14)16-10-7-13-17-11-5-2-6-12-17/h1,3-4,8-9H,2,5-7,10-13H2,(H,16,18). The molecule has 4 heteroatoms. The second-order valence-electron chi connectivity index (χ2n) is 4.89. The molecule has 2 rings (SSSR count). The Morgan fingerprint density at radius 2 is 1.89 bits per heavy atom. The quantitative estimate of drug-likeness (QED) is 0.829. The molecule has 1 aliphatic heterocycles. The molecule has 0 bridgehead atoms. The smallest absolute Gasteiger partial charge is 0.410 e. The maximum atomic E-state index is 11.5. The van der Waals surface area contributed by atoms with Gasteiger partial charge in [-0.15, -0.1) is 0 Å². The molecule has 0 radical (unpaired) electrons. The Morgan fingerprint density at radius 1 is 1.16 bits per heavy atom. The number of carbonyl (C=O) groups excluding carboxylic acids is 1. The maximum Gasteiger partial charge on any atom is 0.412 e. The molecule has 1 saturated heterocycles. The average molecular weight is 262 g/mol. The number of rotatable bonds is 5. The van der Waals surface area contributed by atoms with E-state index in [9.17, 15) is 4.79 Å². The van der Waals surface area contributed by atoms with E-state index in [1.165, 1.54) is 32.4 Å². The van der Waals surface area contributed by atoms with Crippen LogP contribution in [-0.2, 0) is 0 Å². The zero-order valence-electron chi connectivity index (χ0n) is 11.3. The minimum Gasteiger partial charge on any atom is -0.410 e. The van der Waals surface area contributed by atoms with E-state index in [4.69, 9.17) is 4.74 Å². The molecule has 0 aliphatic carbocycles. The number of ether oxygens (including phenoxy) is 1. The summed E-state index contributed by atoms with van der Waals surface area (Å²) >= 11 is 0.